The molecule has 1 aliphatic heterocycles. The zero-order valence-corrected chi connectivity index (χ0v) is 17.9. The summed E-state index contributed by atoms with van der Waals surface area (Å²) in [6.07, 6.45) is 6.85. The number of carboxylic acids is 1. The largest absolute Gasteiger partial charge is 0.476 e. The molecule has 1 aliphatic rings. The summed E-state index contributed by atoms with van der Waals surface area (Å²) in [5, 5.41) is 20.6. The molecule has 156 valence electrons. The van der Waals surface area contributed by atoms with Crippen LogP contribution in [0, 0.1) is 5.92 Å². The van der Waals surface area contributed by atoms with Crippen molar-refractivity contribution in [2.24, 2.45) is 5.92 Å². The van der Waals surface area contributed by atoms with Gasteiger partial charge in [-0.3, -0.25) is 4.90 Å². The van der Waals surface area contributed by atoms with Crippen LogP contribution >= 0.6 is 23.1 Å². The minimum absolute atomic E-state index is 0.0380. The molecule has 0 aliphatic carbocycles. The van der Waals surface area contributed by atoms with Crippen LogP contribution in [-0.4, -0.2) is 63.2 Å². The van der Waals surface area contributed by atoms with Gasteiger partial charge in [0.05, 0.1) is 12.1 Å². The lowest BCUT2D eigenvalue weighted by Gasteiger charge is -2.19. The Morgan fingerprint density at radius 2 is 2.36 bits per heavy atom. The van der Waals surface area contributed by atoms with E-state index in [4.69, 9.17) is 9.84 Å². The lowest BCUT2D eigenvalue weighted by Crippen LogP contribution is -2.34. The van der Waals surface area contributed by atoms with Crippen LogP contribution in [0.3, 0.4) is 0 Å². The Morgan fingerprint density at radius 3 is 3.04 bits per heavy atom. The number of carboxylic acid groups (broad SMARTS) is 1. The minimum Gasteiger partial charge on any atom is -0.476 e. The number of aliphatic hydroxyl groups excluding tert-OH is 1. The Morgan fingerprint density at radius 1 is 1.57 bits per heavy atom. The molecule has 2 N–H and O–H groups in total. The van der Waals surface area contributed by atoms with Crippen LogP contribution in [0.25, 0.3) is 0 Å². The number of aliphatic hydroxyl groups is 1. The first-order chi connectivity index (χ1) is 13.4. The van der Waals surface area contributed by atoms with Gasteiger partial charge in [0.2, 0.25) is 0 Å². The second kappa shape index (κ2) is 11.4. The first kappa shape index (κ1) is 22.7. The van der Waals surface area contributed by atoms with Gasteiger partial charge < -0.3 is 14.9 Å². The van der Waals surface area contributed by atoms with Crippen LogP contribution in [-0.2, 0) is 4.74 Å². The fourth-order valence-electron chi connectivity index (χ4n) is 2.95. The third-order valence-corrected chi connectivity index (χ3v) is 6.52. The summed E-state index contributed by atoms with van der Waals surface area (Å²) in [7, 11) is 0. The molecule has 1 saturated heterocycles. The van der Waals surface area contributed by atoms with Gasteiger partial charge >= 0.3 is 12.1 Å². The van der Waals surface area contributed by atoms with E-state index in [1.807, 2.05) is 6.08 Å². The van der Waals surface area contributed by atoms with Crippen LogP contribution in [0.15, 0.2) is 21.9 Å². The zero-order chi connectivity index (χ0) is 20.5. The van der Waals surface area contributed by atoms with E-state index in [1.54, 1.807) is 11.0 Å². The van der Waals surface area contributed by atoms with Gasteiger partial charge in [0.25, 0.3) is 0 Å². The molecule has 7 nitrogen and oxygen atoms in total. The molecule has 28 heavy (non-hydrogen) atoms. The molecule has 2 heterocycles. The number of thioether (sulfide) groups is 1. The third-order valence-electron chi connectivity index (χ3n) is 4.52. The van der Waals surface area contributed by atoms with Gasteiger partial charge in [0.1, 0.15) is 6.61 Å². The van der Waals surface area contributed by atoms with Gasteiger partial charge in [-0.15, -0.1) is 11.3 Å². The Kier molecular flexibility index (Phi) is 9.27. The quantitative estimate of drug-likeness (QED) is 0.385. The molecular weight excluding hydrogens is 400 g/mol. The maximum absolute atomic E-state index is 12.0. The molecule has 3 atom stereocenters. The Bertz CT molecular complexity index is 679. The number of aromatic nitrogens is 1. The Hall–Kier alpha value is -1.58. The highest BCUT2D eigenvalue weighted by Crippen LogP contribution is 2.24. The molecule has 1 amide bonds. The molecule has 1 aromatic rings. The molecule has 0 bridgehead atoms. The summed E-state index contributed by atoms with van der Waals surface area (Å²) in [4.78, 5) is 28.5. The average Bonchev–Trinajstić information content (AvgIpc) is 3.26. The maximum Gasteiger partial charge on any atom is 0.410 e. The van der Waals surface area contributed by atoms with Crippen molar-refractivity contribution in [3.8, 4) is 0 Å². The summed E-state index contributed by atoms with van der Waals surface area (Å²) >= 11 is 2.69. The van der Waals surface area contributed by atoms with Crippen LogP contribution in [0.4, 0.5) is 4.79 Å². The highest BCUT2D eigenvalue weighted by atomic mass is 32.2. The van der Waals surface area contributed by atoms with Crippen LogP contribution in [0.1, 0.15) is 50.0 Å². The van der Waals surface area contributed by atoms with Gasteiger partial charge in [-0.25, -0.2) is 14.6 Å². The van der Waals surface area contributed by atoms with E-state index in [0.29, 0.717) is 29.0 Å². The van der Waals surface area contributed by atoms with Gasteiger partial charge in [-0.1, -0.05) is 57.0 Å². The molecular formula is C19H28N2O5S2. The smallest absolute Gasteiger partial charge is 0.410 e. The van der Waals surface area contributed by atoms with E-state index < -0.39 is 12.1 Å². The molecule has 0 aromatic carbocycles. The summed E-state index contributed by atoms with van der Waals surface area (Å²) in [5.74, 6) is 0.00403. The number of aromatic carboxylic acids is 1. The van der Waals surface area contributed by atoms with Crippen molar-refractivity contribution in [1.82, 2.24) is 9.88 Å². The summed E-state index contributed by atoms with van der Waals surface area (Å²) in [6, 6.07) is -0.195. The Labute approximate surface area is 173 Å². The maximum atomic E-state index is 12.0. The molecule has 1 aromatic heterocycles. The zero-order valence-electron chi connectivity index (χ0n) is 16.2. The van der Waals surface area contributed by atoms with Gasteiger partial charge in [0.15, 0.2) is 10.0 Å². The van der Waals surface area contributed by atoms with Crippen molar-refractivity contribution in [3.05, 3.63) is 23.2 Å². The standard InChI is InChI=1S/C19H28N2O5S2/c1-3-4-5-13(2)10-15(22)7-6-14-11-26-19(25)21(14)8-9-27-18-20-16(12-28-18)17(23)24/h6-7,12-15,22H,3-5,8-11H2,1-2H3,(H,23,24)/b7-6+/t13-,14-,15+/m0/s1. The van der Waals surface area contributed by atoms with Crippen molar-refractivity contribution in [3.63, 3.8) is 0 Å². The fraction of sp³-hybridized carbons (Fsp3) is 0.632. The second-order valence-electron chi connectivity index (χ2n) is 6.93. The molecule has 0 unspecified atom stereocenters. The van der Waals surface area contributed by atoms with Crippen LogP contribution in [0.5, 0.6) is 0 Å². The second-order valence-corrected chi connectivity index (χ2v) is 9.13. The van der Waals surface area contributed by atoms with E-state index in [2.05, 4.69) is 18.8 Å². The number of carbonyl (C=O) groups excluding carboxylic acids is 1. The van der Waals surface area contributed by atoms with Gasteiger partial charge in [-0.2, -0.15) is 0 Å². The summed E-state index contributed by atoms with van der Waals surface area (Å²) in [6.45, 7) is 5.04. The predicted molar refractivity (Wildman–Crippen MR) is 110 cm³/mol. The number of unbranched alkanes of at least 4 members (excludes halogenated alkanes) is 1. The minimum atomic E-state index is -1.04. The van der Waals surface area contributed by atoms with E-state index in [-0.39, 0.29) is 24.4 Å². The molecule has 9 heteroatoms. The predicted octanol–water partition coefficient (Wildman–Crippen LogP) is 3.89. The number of hydrogen-bond acceptors (Lipinski definition) is 7. The number of carbonyl (C=O) groups is 2. The number of thiazole rings is 1. The summed E-state index contributed by atoms with van der Waals surface area (Å²) in [5.41, 5.74) is 0.0380. The lowest BCUT2D eigenvalue weighted by atomic mass is 9.97. The van der Waals surface area contributed by atoms with Crippen LogP contribution < -0.4 is 0 Å². The molecule has 0 saturated carbocycles. The third kappa shape index (κ3) is 7.10. The molecule has 0 radical (unpaired) electrons. The van der Waals surface area contributed by atoms with Gasteiger partial charge in [-0.05, 0) is 12.3 Å². The van der Waals surface area contributed by atoms with Crippen molar-refractivity contribution in [1.29, 1.82) is 0 Å². The molecule has 0 spiro atoms. The van der Waals surface area contributed by atoms with E-state index >= 15 is 0 Å². The average molecular weight is 429 g/mol. The fourth-order valence-corrected chi connectivity index (χ4v) is 4.76. The molecule has 2 rings (SSSR count). The summed E-state index contributed by atoms with van der Waals surface area (Å²) < 4.78 is 5.80. The number of hydrogen-bond donors (Lipinski definition) is 2. The number of rotatable bonds is 12. The van der Waals surface area contributed by atoms with E-state index in [9.17, 15) is 14.7 Å². The normalized spacial score (nSPS) is 19.2. The first-order valence-corrected chi connectivity index (χ1v) is 11.4. The topological polar surface area (TPSA) is 100.0 Å². The number of nitrogens with zero attached hydrogens (tertiary/aromatic N) is 2. The number of cyclic esters (lactones) is 1. The highest BCUT2D eigenvalue weighted by molar-refractivity contribution is 8.01. The van der Waals surface area contributed by atoms with Gasteiger partial charge in [0, 0.05) is 17.7 Å². The van der Waals surface area contributed by atoms with Crippen molar-refractivity contribution in [2.75, 3.05) is 18.9 Å². The highest BCUT2D eigenvalue weighted by Gasteiger charge is 2.30. The van der Waals surface area contributed by atoms with Crippen molar-refractivity contribution in [2.45, 2.75) is 56.0 Å². The lowest BCUT2D eigenvalue weighted by molar-refractivity contribution is 0.0690. The number of amides is 1. The van der Waals surface area contributed by atoms with Crippen molar-refractivity contribution < 1.29 is 24.5 Å². The Balaban J connectivity index is 1.80. The first-order valence-electron chi connectivity index (χ1n) is 9.52. The van der Waals surface area contributed by atoms with Crippen LogP contribution in [0.2, 0.25) is 0 Å². The van der Waals surface area contributed by atoms with Crippen molar-refractivity contribution >= 4 is 35.2 Å². The molecule has 1 fully saturated rings. The monoisotopic (exact) mass is 428 g/mol. The number of ether oxygens (including phenoxy) is 1. The SMILES string of the molecule is CCCC[C@H](C)C[C@H](O)/C=C/[C@H]1COC(=O)N1CCSc1nc(C(=O)O)cs1. The van der Waals surface area contributed by atoms with E-state index in [0.717, 1.165) is 12.8 Å². The van der Waals surface area contributed by atoms with E-state index in [1.165, 1.54) is 34.9 Å².